The zero-order valence-corrected chi connectivity index (χ0v) is 17.2. The van der Waals surface area contributed by atoms with Crippen LogP contribution in [0.25, 0.3) is 10.9 Å². The SMILES string of the molecule is Cc1ccc(NC(=O)[C@H](Sc2ncnc3ccccc23)c2ccccc2)cc1Cl. The van der Waals surface area contributed by atoms with Crippen molar-refractivity contribution in [3.63, 3.8) is 0 Å². The maximum atomic E-state index is 13.2. The summed E-state index contributed by atoms with van der Waals surface area (Å²) in [7, 11) is 0. The molecule has 0 aliphatic rings. The Hall–Kier alpha value is -2.89. The number of hydrogen-bond donors (Lipinski definition) is 1. The molecule has 1 atom stereocenters. The number of fused-ring (bicyclic) bond motifs is 1. The van der Waals surface area contributed by atoms with E-state index in [0.29, 0.717) is 10.7 Å². The number of amides is 1. The average molecular weight is 420 g/mol. The number of thioether (sulfide) groups is 1. The van der Waals surface area contributed by atoms with Gasteiger partial charge in [0, 0.05) is 16.1 Å². The zero-order valence-electron chi connectivity index (χ0n) is 15.7. The van der Waals surface area contributed by atoms with Gasteiger partial charge in [0.15, 0.2) is 0 Å². The average Bonchev–Trinajstić information content (AvgIpc) is 2.75. The van der Waals surface area contributed by atoms with Crippen molar-refractivity contribution in [2.45, 2.75) is 17.2 Å². The highest BCUT2D eigenvalue weighted by molar-refractivity contribution is 8.00. The van der Waals surface area contributed by atoms with Crippen LogP contribution in [0.5, 0.6) is 0 Å². The summed E-state index contributed by atoms with van der Waals surface area (Å²) < 4.78 is 0. The van der Waals surface area contributed by atoms with E-state index in [1.54, 1.807) is 6.07 Å². The second-order valence-electron chi connectivity index (χ2n) is 6.56. The van der Waals surface area contributed by atoms with Gasteiger partial charge in [-0.3, -0.25) is 4.79 Å². The maximum absolute atomic E-state index is 13.2. The number of anilines is 1. The minimum atomic E-state index is -0.477. The fourth-order valence-electron chi connectivity index (χ4n) is 2.96. The number of aromatic nitrogens is 2. The Balaban J connectivity index is 1.68. The molecule has 29 heavy (non-hydrogen) atoms. The lowest BCUT2D eigenvalue weighted by Crippen LogP contribution is -2.19. The summed E-state index contributed by atoms with van der Waals surface area (Å²) in [5.41, 5.74) is 3.38. The van der Waals surface area contributed by atoms with Crippen LogP contribution in [0.3, 0.4) is 0 Å². The van der Waals surface area contributed by atoms with E-state index in [9.17, 15) is 4.79 Å². The monoisotopic (exact) mass is 419 g/mol. The number of benzene rings is 3. The van der Waals surface area contributed by atoms with Crippen LogP contribution in [0, 0.1) is 6.92 Å². The smallest absolute Gasteiger partial charge is 0.242 e. The molecular weight excluding hydrogens is 402 g/mol. The quantitative estimate of drug-likeness (QED) is 0.315. The molecule has 0 radical (unpaired) electrons. The van der Waals surface area contributed by atoms with Gasteiger partial charge in [-0.1, -0.05) is 78.0 Å². The van der Waals surface area contributed by atoms with Crippen LogP contribution in [-0.2, 0) is 4.79 Å². The number of para-hydroxylation sites is 1. The number of rotatable bonds is 5. The molecule has 4 nitrogen and oxygen atoms in total. The first-order valence-corrected chi connectivity index (χ1v) is 10.4. The molecule has 144 valence electrons. The Labute approximate surface area is 178 Å². The van der Waals surface area contributed by atoms with E-state index < -0.39 is 5.25 Å². The fraction of sp³-hybridized carbons (Fsp3) is 0.0870. The Morgan fingerprint density at radius 2 is 1.76 bits per heavy atom. The van der Waals surface area contributed by atoms with Gasteiger partial charge >= 0.3 is 0 Å². The van der Waals surface area contributed by atoms with Crippen molar-refractivity contribution >= 4 is 45.9 Å². The van der Waals surface area contributed by atoms with Crippen molar-refractivity contribution in [2.24, 2.45) is 0 Å². The molecule has 0 fully saturated rings. The van der Waals surface area contributed by atoms with Gasteiger partial charge in [-0.2, -0.15) is 0 Å². The van der Waals surface area contributed by atoms with Crippen molar-refractivity contribution in [1.82, 2.24) is 9.97 Å². The van der Waals surface area contributed by atoms with Crippen molar-refractivity contribution in [2.75, 3.05) is 5.32 Å². The molecule has 0 unspecified atom stereocenters. The molecule has 6 heteroatoms. The van der Waals surface area contributed by atoms with Crippen LogP contribution in [0.1, 0.15) is 16.4 Å². The van der Waals surface area contributed by atoms with Crippen molar-refractivity contribution in [3.05, 3.63) is 95.3 Å². The number of nitrogens with zero attached hydrogens (tertiary/aromatic N) is 2. The fourth-order valence-corrected chi connectivity index (χ4v) is 4.24. The topological polar surface area (TPSA) is 54.9 Å². The largest absolute Gasteiger partial charge is 0.325 e. The Morgan fingerprint density at radius 3 is 2.55 bits per heavy atom. The first-order valence-electron chi connectivity index (χ1n) is 9.10. The van der Waals surface area contributed by atoms with Crippen molar-refractivity contribution in [3.8, 4) is 0 Å². The van der Waals surface area contributed by atoms with E-state index in [1.807, 2.05) is 73.7 Å². The highest BCUT2D eigenvalue weighted by atomic mass is 35.5. The van der Waals surface area contributed by atoms with Crippen LogP contribution >= 0.6 is 23.4 Å². The van der Waals surface area contributed by atoms with Gasteiger partial charge in [0.2, 0.25) is 5.91 Å². The van der Waals surface area contributed by atoms with E-state index in [2.05, 4.69) is 15.3 Å². The molecule has 4 rings (SSSR count). The minimum Gasteiger partial charge on any atom is -0.325 e. The summed E-state index contributed by atoms with van der Waals surface area (Å²) in [4.78, 5) is 22.0. The normalized spacial score (nSPS) is 11.9. The molecule has 0 spiro atoms. The highest BCUT2D eigenvalue weighted by Crippen LogP contribution is 2.38. The maximum Gasteiger partial charge on any atom is 0.242 e. The van der Waals surface area contributed by atoms with Crippen LogP contribution in [-0.4, -0.2) is 15.9 Å². The number of carbonyl (C=O) groups excluding carboxylic acids is 1. The second-order valence-corrected chi connectivity index (χ2v) is 8.06. The summed E-state index contributed by atoms with van der Waals surface area (Å²) in [5, 5.41) is 4.82. The van der Waals surface area contributed by atoms with Gasteiger partial charge in [0.05, 0.1) is 5.52 Å². The van der Waals surface area contributed by atoms with Crippen molar-refractivity contribution < 1.29 is 4.79 Å². The molecule has 4 aromatic rings. The lowest BCUT2D eigenvalue weighted by atomic mass is 10.1. The highest BCUT2D eigenvalue weighted by Gasteiger charge is 2.24. The molecule has 1 aromatic heterocycles. The number of aryl methyl sites for hydroxylation is 1. The van der Waals surface area contributed by atoms with E-state index >= 15 is 0 Å². The summed E-state index contributed by atoms with van der Waals surface area (Å²) in [5.74, 6) is -0.135. The van der Waals surface area contributed by atoms with E-state index in [1.165, 1.54) is 18.1 Å². The summed E-state index contributed by atoms with van der Waals surface area (Å²) in [6.07, 6.45) is 1.53. The number of carbonyl (C=O) groups is 1. The summed E-state index contributed by atoms with van der Waals surface area (Å²) >= 11 is 7.63. The van der Waals surface area contributed by atoms with Gasteiger partial charge in [0.1, 0.15) is 16.6 Å². The lowest BCUT2D eigenvalue weighted by molar-refractivity contribution is -0.115. The second kappa shape index (κ2) is 8.64. The zero-order chi connectivity index (χ0) is 20.2. The van der Waals surface area contributed by atoms with Crippen LogP contribution in [0.15, 0.2) is 84.1 Å². The van der Waals surface area contributed by atoms with Gasteiger partial charge in [-0.25, -0.2) is 9.97 Å². The van der Waals surface area contributed by atoms with E-state index in [0.717, 1.165) is 27.1 Å². The molecule has 0 saturated heterocycles. The molecule has 0 bridgehead atoms. The third kappa shape index (κ3) is 4.42. The van der Waals surface area contributed by atoms with Crippen LogP contribution in [0.2, 0.25) is 5.02 Å². The van der Waals surface area contributed by atoms with Gasteiger partial charge in [0.25, 0.3) is 0 Å². The molecule has 1 heterocycles. The van der Waals surface area contributed by atoms with E-state index in [4.69, 9.17) is 11.6 Å². The Morgan fingerprint density at radius 1 is 1.00 bits per heavy atom. The minimum absolute atomic E-state index is 0.135. The lowest BCUT2D eigenvalue weighted by Gasteiger charge is -2.17. The summed E-state index contributed by atoms with van der Waals surface area (Å²) in [6, 6.07) is 23.0. The van der Waals surface area contributed by atoms with Crippen LogP contribution in [0.4, 0.5) is 5.69 Å². The van der Waals surface area contributed by atoms with Crippen molar-refractivity contribution in [1.29, 1.82) is 0 Å². The Kier molecular flexibility index (Phi) is 5.79. The molecule has 0 aliphatic carbocycles. The first kappa shape index (κ1) is 19.4. The van der Waals surface area contributed by atoms with E-state index in [-0.39, 0.29) is 5.91 Å². The van der Waals surface area contributed by atoms with Gasteiger partial charge in [-0.05, 0) is 36.2 Å². The Bertz CT molecular complexity index is 1160. The molecule has 3 aromatic carbocycles. The molecule has 1 N–H and O–H groups in total. The molecule has 0 saturated carbocycles. The third-order valence-electron chi connectivity index (χ3n) is 4.52. The predicted molar refractivity (Wildman–Crippen MR) is 119 cm³/mol. The third-order valence-corrected chi connectivity index (χ3v) is 6.19. The number of nitrogens with one attached hydrogen (secondary N) is 1. The standard InChI is InChI=1S/C23H18ClN3OS/c1-15-11-12-17(13-19(15)24)27-22(28)21(16-7-3-2-4-8-16)29-23-18-9-5-6-10-20(18)25-14-26-23/h2-14,21H,1H3,(H,27,28)/t21-/m1/s1. The number of halogens is 1. The predicted octanol–water partition coefficient (Wildman–Crippen LogP) is 6.06. The number of hydrogen-bond acceptors (Lipinski definition) is 4. The van der Waals surface area contributed by atoms with Crippen LogP contribution < -0.4 is 5.32 Å². The first-order chi connectivity index (χ1) is 14.1. The molecular formula is C23H18ClN3OS. The van der Waals surface area contributed by atoms with Gasteiger partial charge in [-0.15, -0.1) is 0 Å². The summed E-state index contributed by atoms with van der Waals surface area (Å²) in [6.45, 7) is 1.93. The van der Waals surface area contributed by atoms with Gasteiger partial charge < -0.3 is 5.32 Å². The molecule has 1 amide bonds. The molecule has 0 aliphatic heterocycles.